The Morgan fingerprint density at radius 1 is 0.700 bits per heavy atom. The van der Waals surface area contributed by atoms with Gasteiger partial charge in [0, 0.05) is 0 Å². The van der Waals surface area contributed by atoms with Crippen molar-refractivity contribution in [2.24, 2.45) is 0 Å². The molecule has 0 saturated carbocycles. The van der Waals surface area contributed by atoms with Gasteiger partial charge in [-0.3, -0.25) is 0 Å². The smallest absolute Gasteiger partial charge is 0.168 e. The Labute approximate surface area is 124 Å². The van der Waals surface area contributed by atoms with Gasteiger partial charge in [-0.1, -0.05) is 81.4 Å². The van der Waals surface area contributed by atoms with Crippen molar-refractivity contribution in [1.29, 1.82) is 0 Å². The van der Waals surface area contributed by atoms with Crippen LogP contribution in [0.1, 0.15) is 38.8 Å². The van der Waals surface area contributed by atoms with Gasteiger partial charge in [-0.05, 0) is 23.1 Å². The van der Waals surface area contributed by atoms with E-state index in [1.807, 2.05) is 0 Å². The van der Waals surface area contributed by atoms with Gasteiger partial charge in [-0.25, -0.2) is 0 Å². The number of benzene rings is 2. The van der Waals surface area contributed by atoms with Crippen molar-refractivity contribution in [2.75, 3.05) is 0 Å². The molecule has 0 aliphatic rings. The molecule has 0 heterocycles. The minimum Gasteiger partial charge on any atom is -0.410 e. The quantitative estimate of drug-likeness (QED) is 0.762. The standard InChI is InChI=1S/C18H24OSi/c1-17(2,3)20-19-18(4,15-11-7-5-8-12-15)16-13-9-6-10-14-16/h5-14H,20H2,1-4H3. The Bertz CT molecular complexity index is 489. The van der Waals surface area contributed by atoms with Crippen LogP contribution in [0.5, 0.6) is 0 Å². The predicted molar refractivity (Wildman–Crippen MR) is 88.7 cm³/mol. The van der Waals surface area contributed by atoms with E-state index in [0.717, 1.165) is 0 Å². The van der Waals surface area contributed by atoms with Gasteiger partial charge < -0.3 is 4.43 Å². The van der Waals surface area contributed by atoms with Crippen LogP contribution in [-0.2, 0) is 10.0 Å². The molecule has 2 aromatic rings. The maximum absolute atomic E-state index is 6.51. The van der Waals surface area contributed by atoms with Crippen LogP contribution < -0.4 is 0 Å². The first-order valence-corrected chi connectivity index (χ1v) is 8.45. The highest BCUT2D eigenvalue weighted by molar-refractivity contribution is 6.31. The van der Waals surface area contributed by atoms with E-state index in [1.54, 1.807) is 0 Å². The highest BCUT2D eigenvalue weighted by Crippen LogP contribution is 2.35. The summed E-state index contributed by atoms with van der Waals surface area (Å²) < 4.78 is 6.51. The van der Waals surface area contributed by atoms with E-state index >= 15 is 0 Å². The van der Waals surface area contributed by atoms with Gasteiger partial charge in [0.25, 0.3) is 0 Å². The fourth-order valence-electron chi connectivity index (χ4n) is 2.21. The van der Waals surface area contributed by atoms with Crippen LogP contribution in [0, 0.1) is 0 Å². The number of hydrogen-bond acceptors (Lipinski definition) is 1. The van der Waals surface area contributed by atoms with Crippen molar-refractivity contribution < 1.29 is 4.43 Å². The second-order valence-electron chi connectivity index (χ2n) is 6.61. The topological polar surface area (TPSA) is 9.23 Å². The van der Waals surface area contributed by atoms with Crippen molar-refractivity contribution in [1.82, 2.24) is 0 Å². The van der Waals surface area contributed by atoms with Crippen molar-refractivity contribution in [3.8, 4) is 0 Å². The summed E-state index contributed by atoms with van der Waals surface area (Å²) in [5, 5.41) is 0.283. The first kappa shape index (κ1) is 15.0. The van der Waals surface area contributed by atoms with Crippen LogP contribution >= 0.6 is 0 Å². The Morgan fingerprint density at radius 2 is 1.10 bits per heavy atom. The lowest BCUT2D eigenvalue weighted by atomic mass is 9.88. The van der Waals surface area contributed by atoms with Gasteiger partial charge in [-0.15, -0.1) is 0 Å². The largest absolute Gasteiger partial charge is 0.410 e. The molecule has 106 valence electrons. The van der Waals surface area contributed by atoms with Crippen molar-refractivity contribution in [3.63, 3.8) is 0 Å². The lowest BCUT2D eigenvalue weighted by Crippen LogP contribution is -2.31. The van der Waals surface area contributed by atoms with Gasteiger partial charge >= 0.3 is 0 Å². The highest BCUT2D eigenvalue weighted by Gasteiger charge is 2.31. The predicted octanol–water partition coefficient (Wildman–Crippen LogP) is 4.27. The van der Waals surface area contributed by atoms with Gasteiger partial charge in [-0.2, -0.15) is 0 Å². The number of rotatable bonds is 4. The van der Waals surface area contributed by atoms with Gasteiger partial charge in [0.15, 0.2) is 9.76 Å². The van der Waals surface area contributed by atoms with Crippen LogP contribution in [0.2, 0.25) is 5.04 Å². The summed E-state index contributed by atoms with van der Waals surface area (Å²) in [6.07, 6.45) is 0. The molecule has 0 bridgehead atoms. The third-order valence-corrected chi connectivity index (χ3v) is 5.03. The van der Waals surface area contributed by atoms with E-state index in [1.165, 1.54) is 11.1 Å². The molecular weight excluding hydrogens is 260 g/mol. The summed E-state index contributed by atoms with van der Waals surface area (Å²) in [6.45, 7) is 8.97. The molecule has 1 nitrogen and oxygen atoms in total. The minimum atomic E-state index is -0.642. The molecule has 0 amide bonds. The Hall–Kier alpha value is -1.38. The lowest BCUT2D eigenvalue weighted by Gasteiger charge is -2.34. The van der Waals surface area contributed by atoms with Gasteiger partial charge in [0.05, 0.1) is 0 Å². The van der Waals surface area contributed by atoms with E-state index in [2.05, 4.69) is 88.4 Å². The van der Waals surface area contributed by atoms with E-state index in [0.29, 0.717) is 0 Å². The molecule has 0 aromatic heterocycles. The summed E-state index contributed by atoms with van der Waals surface area (Å²) in [4.78, 5) is 0. The molecule has 2 aromatic carbocycles. The molecule has 0 radical (unpaired) electrons. The fourth-order valence-corrected chi connectivity index (χ4v) is 3.26. The molecule has 0 atom stereocenters. The summed E-state index contributed by atoms with van der Waals surface area (Å²) in [5.41, 5.74) is 2.10. The molecule has 2 rings (SSSR count). The first-order valence-electron chi connectivity index (χ1n) is 7.17. The Kier molecular flexibility index (Phi) is 4.46. The van der Waals surface area contributed by atoms with E-state index in [9.17, 15) is 0 Å². The maximum Gasteiger partial charge on any atom is 0.168 e. The molecule has 0 N–H and O–H groups in total. The Morgan fingerprint density at radius 3 is 1.45 bits per heavy atom. The van der Waals surface area contributed by atoms with Crippen molar-refractivity contribution >= 4 is 9.76 Å². The summed E-state index contributed by atoms with van der Waals surface area (Å²) >= 11 is 0. The zero-order valence-corrected chi connectivity index (χ0v) is 14.3. The monoisotopic (exact) mass is 284 g/mol. The summed E-state index contributed by atoms with van der Waals surface area (Å²) in [5.74, 6) is 0. The summed E-state index contributed by atoms with van der Waals surface area (Å²) in [6, 6.07) is 21.1. The van der Waals surface area contributed by atoms with Crippen molar-refractivity contribution in [3.05, 3.63) is 71.8 Å². The minimum absolute atomic E-state index is 0.283. The third-order valence-electron chi connectivity index (χ3n) is 3.44. The second-order valence-corrected chi connectivity index (χ2v) is 9.31. The second kappa shape index (κ2) is 5.94. The summed E-state index contributed by atoms with van der Waals surface area (Å²) in [7, 11) is -0.642. The van der Waals surface area contributed by atoms with E-state index in [4.69, 9.17) is 4.43 Å². The highest BCUT2D eigenvalue weighted by atomic mass is 28.2. The fraction of sp³-hybridized carbons (Fsp3) is 0.333. The molecular formula is C18H24OSi. The molecule has 0 saturated heterocycles. The molecule has 2 heteroatoms. The average molecular weight is 284 g/mol. The van der Waals surface area contributed by atoms with Crippen LogP contribution in [0.4, 0.5) is 0 Å². The molecule has 0 fully saturated rings. The van der Waals surface area contributed by atoms with Gasteiger partial charge in [0.2, 0.25) is 0 Å². The molecule has 0 spiro atoms. The zero-order chi connectivity index (χ0) is 14.6. The number of hydrogen-bond donors (Lipinski definition) is 0. The van der Waals surface area contributed by atoms with Crippen LogP contribution in [0.25, 0.3) is 0 Å². The molecule has 0 aliphatic heterocycles. The van der Waals surface area contributed by atoms with Crippen LogP contribution in [0.15, 0.2) is 60.7 Å². The molecule has 0 unspecified atom stereocenters. The van der Waals surface area contributed by atoms with Crippen LogP contribution in [-0.4, -0.2) is 9.76 Å². The zero-order valence-electron chi connectivity index (χ0n) is 12.9. The van der Waals surface area contributed by atoms with Crippen LogP contribution in [0.3, 0.4) is 0 Å². The SMILES string of the molecule is CC(C)(C)[SiH2]OC(C)(c1ccccc1)c1ccccc1. The van der Waals surface area contributed by atoms with Crippen molar-refractivity contribution in [2.45, 2.75) is 38.3 Å². The van der Waals surface area contributed by atoms with E-state index in [-0.39, 0.29) is 10.6 Å². The lowest BCUT2D eigenvalue weighted by molar-refractivity contribution is 0.133. The Balaban J connectivity index is 2.39. The molecule has 0 aliphatic carbocycles. The normalized spacial score (nSPS) is 13.0. The third kappa shape index (κ3) is 3.59. The van der Waals surface area contributed by atoms with Gasteiger partial charge in [0.1, 0.15) is 5.60 Å². The average Bonchev–Trinajstić information content (AvgIpc) is 2.46. The van der Waals surface area contributed by atoms with E-state index < -0.39 is 9.76 Å². The first-order chi connectivity index (χ1) is 9.42. The maximum atomic E-state index is 6.51. The molecule has 20 heavy (non-hydrogen) atoms.